The Balaban J connectivity index is 4.39. The van der Waals surface area contributed by atoms with Crippen molar-refractivity contribution >= 4 is 8.80 Å². The van der Waals surface area contributed by atoms with Crippen molar-refractivity contribution in [2.75, 3.05) is 19.8 Å². The second-order valence-corrected chi connectivity index (χ2v) is 14.0. The zero-order valence-corrected chi connectivity index (χ0v) is 28.6. The Morgan fingerprint density at radius 3 is 0.975 bits per heavy atom. The van der Waals surface area contributed by atoms with Gasteiger partial charge in [0.2, 0.25) is 0 Å². The van der Waals surface area contributed by atoms with Gasteiger partial charge in [-0.15, -0.1) is 0 Å². The highest BCUT2D eigenvalue weighted by atomic mass is 28.4. The van der Waals surface area contributed by atoms with E-state index < -0.39 is 8.80 Å². The second kappa shape index (κ2) is 32.8. The van der Waals surface area contributed by atoms with E-state index in [-0.39, 0.29) is 0 Å². The lowest BCUT2D eigenvalue weighted by Gasteiger charge is -2.29. The van der Waals surface area contributed by atoms with Crippen molar-refractivity contribution in [3.63, 3.8) is 0 Å². The van der Waals surface area contributed by atoms with Crippen LogP contribution in [0.2, 0.25) is 6.04 Å². The fourth-order valence-electron chi connectivity index (χ4n) is 4.93. The molecule has 0 spiro atoms. The topological polar surface area (TPSA) is 27.7 Å². The van der Waals surface area contributed by atoms with E-state index in [2.05, 4.69) is 64.2 Å². The molecule has 236 valence electrons. The molecule has 3 nitrogen and oxygen atoms in total. The van der Waals surface area contributed by atoms with Crippen LogP contribution in [0, 0.1) is 0 Å². The van der Waals surface area contributed by atoms with E-state index in [1.165, 1.54) is 96.3 Å². The second-order valence-electron chi connectivity index (χ2n) is 11.3. The van der Waals surface area contributed by atoms with Crippen molar-refractivity contribution in [2.24, 2.45) is 0 Å². The molecule has 0 fully saturated rings. The summed E-state index contributed by atoms with van der Waals surface area (Å²) in [6.45, 7) is 10.9. The van der Waals surface area contributed by atoms with E-state index in [9.17, 15) is 0 Å². The SMILES string of the molecule is CC/C=C\CCO[Si](CCCCCCCCCCCCCCCCCC)(OCC/C=C\CC)OCC/C=C\CC. The first-order chi connectivity index (χ1) is 19.7. The molecule has 0 saturated heterocycles. The number of hydrogen-bond acceptors (Lipinski definition) is 3. The molecule has 0 N–H and O–H groups in total. The van der Waals surface area contributed by atoms with Crippen LogP contribution >= 0.6 is 0 Å². The first kappa shape index (κ1) is 39.3. The zero-order chi connectivity index (χ0) is 29.2. The van der Waals surface area contributed by atoms with Crippen molar-refractivity contribution in [1.29, 1.82) is 0 Å². The summed E-state index contributed by atoms with van der Waals surface area (Å²) in [5.41, 5.74) is 0. The van der Waals surface area contributed by atoms with Crippen molar-refractivity contribution in [1.82, 2.24) is 0 Å². The number of unbranched alkanes of at least 4 members (excludes halogenated alkanes) is 15. The molecule has 0 aliphatic rings. The first-order valence-corrected chi connectivity index (χ1v) is 19.5. The predicted octanol–water partition coefficient (Wildman–Crippen LogP) is 12.3. The largest absolute Gasteiger partial charge is 0.500 e. The molecule has 0 aliphatic carbocycles. The molecule has 0 heterocycles. The Bertz CT molecular complexity index is 522. The van der Waals surface area contributed by atoms with Crippen LogP contribution in [-0.4, -0.2) is 28.6 Å². The zero-order valence-electron chi connectivity index (χ0n) is 27.6. The lowest BCUT2D eigenvalue weighted by Crippen LogP contribution is -2.46. The van der Waals surface area contributed by atoms with E-state index in [4.69, 9.17) is 13.3 Å². The molecule has 0 aromatic carbocycles. The van der Waals surface area contributed by atoms with Crippen LogP contribution in [0.5, 0.6) is 0 Å². The number of allylic oxidation sites excluding steroid dienone is 3. The van der Waals surface area contributed by atoms with Crippen LogP contribution in [0.1, 0.15) is 169 Å². The van der Waals surface area contributed by atoms with Crippen LogP contribution in [0.3, 0.4) is 0 Å². The highest BCUT2D eigenvalue weighted by Crippen LogP contribution is 2.22. The van der Waals surface area contributed by atoms with Gasteiger partial charge in [0.15, 0.2) is 0 Å². The summed E-state index contributed by atoms with van der Waals surface area (Å²) in [6, 6.07) is 0.942. The van der Waals surface area contributed by atoms with Crippen LogP contribution in [-0.2, 0) is 13.3 Å². The smallest absolute Gasteiger partial charge is 0.373 e. The van der Waals surface area contributed by atoms with Crippen LogP contribution < -0.4 is 0 Å². The third kappa shape index (κ3) is 27.5. The number of hydrogen-bond donors (Lipinski definition) is 0. The Hall–Kier alpha value is -0.683. The third-order valence-corrected chi connectivity index (χ3v) is 10.3. The molecule has 0 unspecified atom stereocenters. The summed E-state index contributed by atoms with van der Waals surface area (Å²) >= 11 is 0. The highest BCUT2D eigenvalue weighted by molar-refractivity contribution is 6.60. The average Bonchev–Trinajstić information content (AvgIpc) is 2.96. The van der Waals surface area contributed by atoms with E-state index in [1.807, 2.05) is 0 Å². The summed E-state index contributed by atoms with van der Waals surface area (Å²) in [6.07, 6.45) is 41.5. The molecule has 0 bridgehead atoms. The van der Waals surface area contributed by atoms with Gasteiger partial charge in [0.05, 0.1) is 0 Å². The van der Waals surface area contributed by atoms with Crippen LogP contribution in [0.4, 0.5) is 0 Å². The summed E-state index contributed by atoms with van der Waals surface area (Å²) < 4.78 is 19.5. The van der Waals surface area contributed by atoms with Gasteiger partial charge in [-0.2, -0.15) is 0 Å². The molecule has 40 heavy (non-hydrogen) atoms. The maximum Gasteiger partial charge on any atom is 0.500 e. The molecular formula is C36H70O3Si. The quantitative estimate of drug-likeness (QED) is 0.0451. The van der Waals surface area contributed by atoms with Gasteiger partial charge in [-0.1, -0.05) is 160 Å². The fourth-order valence-corrected chi connectivity index (χ4v) is 7.58. The van der Waals surface area contributed by atoms with Crippen LogP contribution in [0.25, 0.3) is 0 Å². The van der Waals surface area contributed by atoms with Crippen molar-refractivity contribution in [3.05, 3.63) is 36.5 Å². The van der Waals surface area contributed by atoms with Gasteiger partial charge < -0.3 is 13.3 Å². The van der Waals surface area contributed by atoms with E-state index in [0.717, 1.165) is 51.0 Å². The first-order valence-electron chi connectivity index (χ1n) is 17.6. The molecule has 0 amide bonds. The Kier molecular flexibility index (Phi) is 32.3. The van der Waals surface area contributed by atoms with Gasteiger partial charge in [0.1, 0.15) is 0 Å². The molecule has 0 saturated carbocycles. The molecule has 0 aromatic heterocycles. The lowest BCUT2D eigenvalue weighted by molar-refractivity contribution is 0.0622. The molecule has 0 aliphatic heterocycles. The minimum Gasteiger partial charge on any atom is -0.373 e. The summed E-state index contributed by atoms with van der Waals surface area (Å²) in [5, 5.41) is 0. The number of rotatable bonds is 32. The van der Waals surface area contributed by atoms with Crippen molar-refractivity contribution < 1.29 is 13.3 Å². The third-order valence-electron chi connectivity index (χ3n) is 7.36. The van der Waals surface area contributed by atoms with Gasteiger partial charge >= 0.3 is 8.80 Å². The standard InChI is InChI=1S/C36H70O3Si/c1-5-9-13-17-18-19-20-21-22-23-24-25-26-27-28-32-36-40(37-33-29-14-10-6-2,38-34-30-15-11-7-3)39-35-31-16-12-8-4/h10-12,14-16H,5-9,13,17-36H2,1-4H3/b14-10-,15-11-,16-12-. The minimum atomic E-state index is -2.68. The normalized spacial score (nSPS) is 12.6. The van der Waals surface area contributed by atoms with Crippen molar-refractivity contribution in [3.8, 4) is 0 Å². The maximum absolute atomic E-state index is 6.51. The van der Waals surface area contributed by atoms with E-state index >= 15 is 0 Å². The summed E-state index contributed by atoms with van der Waals surface area (Å²) in [7, 11) is -2.68. The van der Waals surface area contributed by atoms with Gasteiger partial charge in [0.25, 0.3) is 0 Å². The fraction of sp³-hybridized carbons (Fsp3) is 0.833. The van der Waals surface area contributed by atoms with E-state index in [0.29, 0.717) is 19.8 Å². The van der Waals surface area contributed by atoms with E-state index in [1.54, 1.807) is 0 Å². The highest BCUT2D eigenvalue weighted by Gasteiger charge is 2.40. The molecule has 0 atom stereocenters. The minimum absolute atomic E-state index is 0.692. The van der Waals surface area contributed by atoms with Gasteiger partial charge in [-0.3, -0.25) is 0 Å². The summed E-state index contributed by atoms with van der Waals surface area (Å²) in [5.74, 6) is 0. The molecular weight excluding hydrogens is 508 g/mol. The monoisotopic (exact) mass is 579 g/mol. The molecule has 0 aromatic rings. The summed E-state index contributed by atoms with van der Waals surface area (Å²) in [4.78, 5) is 0. The van der Waals surface area contributed by atoms with Crippen LogP contribution in [0.15, 0.2) is 36.5 Å². The molecule has 4 heteroatoms. The average molecular weight is 579 g/mol. The predicted molar refractivity (Wildman–Crippen MR) is 180 cm³/mol. The van der Waals surface area contributed by atoms with Gasteiger partial charge in [-0.25, -0.2) is 0 Å². The van der Waals surface area contributed by atoms with Crippen molar-refractivity contribution in [2.45, 2.75) is 175 Å². The molecule has 0 radical (unpaired) electrons. The lowest BCUT2D eigenvalue weighted by atomic mass is 10.0. The Morgan fingerprint density at radius 1 is 0.375 bits per heavy atom. The van der Waals surface area contributed by atoms with Gasteiger partial charge in [-0.05, 0) is 44.9 Å². The Morgan fingerprint density at radius 2 is 0.675 bits per heavy atom. The Labute approximate surface area is 253 Å². The molecule has 0 rings (SSSR count). The maximum atomic E-state index is 6.51. The van der Waals surface area contributed by atoms with Gasteiger partial charge in [0, 0.05) is 25.9 Å².